The normalized spacial score (nSPS) is 9.56. The molecule has 47 valence electrons. The first-order chi connectivity index (χ1) is 4.33. The van der Waals surface area contributed by atoms with Gasteiger partial charge in [-0.2, -0.15) is 0 Å². The number of hydrogen-bond donors (Lipinski definition) is 0. The van der Waals surface area contributed by atoms with E-state index >= 15 is 0 Å². The average molecular weight is 141 g/mol. The highest BCUT2D eigenvalue weighted by Crippen LogP contribution is 2.05. The molecule has 1 rings (SSSR count). The molecule has 1 nitrogen and oxygen atoms in total. The number of pyridine rings is 1. The minimum Gasteiger partial charge on any atom is -0.244 e. The van der Waals surface area contributed by atoms with Crippen molar-refractivity contribution in [2.75, 3.05) is 0 Å². The minimum absolute atomic E-state index is 0.453. The van der Waals surface area contributed by atoms with E-state index < -0.39 is 0 Å². The van der Waals surface area contributed by atoms with Gasteiger partial charge in [0.25, 0.3) is 0 Å². The van der Waals surface area contributed by atoms with Gasteiger partial charge in [0.2, 0.25) is 0 Å². The fourth-order valence-electron chi connectivity index (χ4n) is 0.605. The fourth-order valence-corrected chi connectivity index (χ4v) is 0.783. The van der Waals surface area contributed by atoms with E-state index in [0.717, 1.165) is 12.0 Å². The second-order valence-electron chi connectivity index (χ2n) is 1.74. The van der Waals surface area contributed by atoms with Crippen LogP contribution in [-0.2, 0) is 6.42 Å². The Morgan fingerprint density at radius 1 is 1.78 bits per heavy atom. The summed E-state index contributed by atoms with van der Waals surface area (Å²) in [7, 11) is 0. The van der Waals surface area contributed by atoms with E-state index in [2.05, 4.69) is 18.0 Å². The van der Waals surface area contributed by atoms with Gasteiger partial charge < -0.3 is 0 Å². The molecule has 0 atom stereocenters. The van der Waals surface area contributed by atoms with Crippen LogP contribution in [-0.4, -0.2) is 4.98 Å². The molecule has 0 saturated carbocycles. The fraction of sp³-hybridized carbons (Fsp3) is 0.286. The molecule has 0 aromatic carbocycles. The number of halogens is 1. The van der Waals surface area contributed by atoms with Crippen molar-refractivity contribution in [1.29, 1.82) is 0 Å². The van der Waals surface area contributed by atoms with Gasteiger partial charge in [0.05, 0.1) is 0 Å². The zero-order chi connectivity index (χ0) is 6.69. The molecule has 0 bridgehead atoms. The van der Waals surface area contributed by atoms with Crippen molar-refractivity contribution < 1.29 is 0 Å². The van der Waals surface area contributed by atoms with Crippen LogP contribution in [0.4, 0.5) is 0 Å². The number of rotatable bonds is 1. The smallest absolute Gasteiger partial charge is 0.137 e. The maximum Gasteiger partial charge on any atom is 0.137 e. The summed E-state index contributed by atoms with van der Waals surface area (Å²) in [6.07, 6.45) is 2.65. The third kappa shape index (κ3) is 1.68. The molecule has 1 heterocycles. The van der Waals surface area contributed by atoms with Crippen LogP contribution in [0.1, 0.15) is 12.5 Å². The van der Waals surface area contributed by atoms with E-state index in [9.17, 15) is 0 Å². The van der Waals surface area contributed by atoms with Gasteiger partial charge in [-0.15, -0.1) is 0 Å². The molecule has 1 aromatic heterocycles. The average Bonchev–Trinajstić information content (AvgIpc) is 1.88. The maximum absolute atomic E-state index is 5.56. The Kier molecular flexibility index (Phi) is 2.06. The summed E-state index contributed by atoms with van der Waals surface area (Å²) in [5, 5.41) is 0.453. The van der Waals surface area contributed by atoms with E-state index in [4.69, 9.17) is 11.6 Å². The first-order valence-corrected chi connectivity index (χ1v) is 3.23. The molecule has 2 heteroatoms. The largest absolute Gasteiger partial charge is 0.244 e. The van der Waals surface area contributed by atoms with E-state index in [0.29, 0.717) is 5.15 Å². The lowest BCUT2D eigenvalue weighted by Gasteiger charge is -1.92. The predicted octanol–water partition coefficient (Wildman–Crippen LogP) is 2.10. The van der Waals surface area contributed by atoms with Crippen LogP contribution < -0.4 is 0 Å². The van der Waals surface area contributed by atoms with Crippen LogP contribution in [0.15, 0.2) is 12.3 Å². The standard InChI is InChI=1S/C7H7ClN/c1-2-6-3-4-9-7(8)5-6/h3-4H,2H2,1H3. The number of nitrogens with zero attached hydrogens (tertiary/aromatic N) is 1. The van der Waals surface area contributed by atoms with E-state index in [1.54, 1.807) is 6.20 Å². The van der Waals surface area contributed by atoms with Crippen LogP contribution in [0.5, 0.6) is 0 Å². The third-order valence-electron chi connectivity index (χ3n) is 1.11. The molecule has 0 fully saturated rings. The highest BCUT2D eigenvalue weighted by atomic mass is 35.5. The Labute approximate surface area is 59.7 Å². The van der Waals surface area contributed by atoms with Crippen molar-refractivity contribution in [2.24, 2.45) is 0 Å². The topological polar surface area (TPSA) is 12.9 Å². The SMILES string of the molecule is CCc1[c]c(Cl)ncc1. The Bertz CT molecular complexity index is 198. The Balaban J connectivity index is 2.94. The second-order valence-corrected chi connectivity index (χ2v) is 2.10. The Morgan fingerprint density at radius 2 is 2.56 bits per heavy atom. The van der Waals surface area contributed by atoms with Gasteiger partial charge in [-0.3, -0.25) is 0 Å². The monoisotopic (exact) mass is 140 g/mol. The third-order valence-corrected chi connectivity index (χ3v) is 1.30. The molecule has 0 spiro atoms. The Hall–Kier alpha value is -0.560. The van der Waals surface area contributed by atoms with Gasteiger partial charge in [-0.25, -0.2) is 4.98 Å². The second kappa shape index (κ2) is 2.83. The number of hydrogen-bond acceptors (Lipinski definition) is 1. The van der Waals surface area contributed by atoms with Crippen LogP contribution in [0, 0.1) is 6.07 Å². The zero-order valence-electron chi connectivity index (χ0n) is 5.19. The molecule has 0 N–H and O–H groups in total. The van der Waals surface area contributed by atoms with Crippen molar-refractivity contribution in [3.63, 3.8) is 0 Å². The quantitative estimate of drug-likeness (QED) is 0.545. The molecule has 0 saturated heterocycles. The predicted molar refractivity (Wildman–Crippen MR) is 37.5 cm³/mol. The highest BCUT2D eigenvalue weighted by molar-refractivity contribution is 6.29. The summed E-state index contributed by atoms with van der Waals surface area (Å²) >= 11 is 5.56. The first kappa shape index (κ1) is 6.56. The summed E-state index contributed by atoms with van der Waals surface area (Å²) in [5.41, 5.74) is 1.11. The molecular weight excluding hydrogens is 134 g/mol. The van der Waals surface area contributed by atoms with Gasteiger partial charge in [0.1, 0.15) is 5.15 Å². The molecule has 0 aliphatic heterocycles. The lowest BCUT2D eigenvalue weighted by molar-refractivity contribution is 1.11. The van der Waals surface area contributed by atoms with Gasteiger partial charge in [0, 0.05) is 12.3 Å². The van der Waals surface area contributed by atoms with Crippen LogP contribution in [0.25, 0.3) is 0 Å². The van der Waals surface area contributed by atoms with Crippen molar-refractivity contribution in [2.45, 2.75) is 13.3 Å². The van der Waals surface area contributed by atoms with Gasteiger partial charge in [0.15, 0.2) is 0 Å². The van der Waals surface area contributed by atoms with Crippen molar-refractivity contribution in [3.05, 3.63) is 29.0 Å². The molecule has 0 amide bonds. The molecule has 0 aliphatic carbocycles. The molecule has 0 unspecified atom stereocenters. The van der Waals surface area contributed by atoms with Crippen molar-refractivity contribution >= 4 is 11.6 Å². The van der Waals surface area contributed by atoms with E-state index in [1.807, 2.05) is 6.07 Å². The maximum atomic E-state index is 5.56. The molecule has 0 aliphatic rings. The summed E-state index contributed by atoms with van der Waals surface area (Å²) in [6.45, 7) is 2.06. The van der Waals surface area contributed by atoms with E-state index in [-0.39, 0.29) is 0 Å². The summed E-state index contributed by atoms with van der Waals surface area (Å²) in [6, 6.07) is 4.82. The summed E-state index contributed by atoms with van der Waals surface area (Å²) in [5.74, 6) is 0. The summed E-state index contributed by atoms with van der Waals surface area (Å²) < 4.78 is 0. The molecule has 1 aromatic rings. The van der Waals surface area contributed by atoms with Gasteiger partial charge in [-0.1, -0.05) is 18.5 Å². The Morgan fingerprint density at radius 3 is 3.00 bits per heavy atom. The van der Waals surface area contributed by atoms with Gasteiger partial charge >= 0.3 is 0 Å². The van der Waals surface area contributed by atoms with Crippen LogP contribution >= 0.6 is 11.6 Å². The van der Waals surface area contributed by atoms with Gasteiger partial charge in [-0.05, 0) is 18.1 Å². The van der Waals surface area contributed by atoms with Crippen molar-refractivity contribution in [1.82, 2.24) is 4.98 Å². The molecular formula is C7H7ClN. The highest BCUT2D eigenvalue weighted by Gasteiger charge is 1.89. The first-order valence-electron chi connectivity index (χ1n) is 2.85. The number of aryl methyl sites for hydroxylation is 1. The van der Waals surface area contributed by atoms with Crippen molar-refractivity contribution in [3.8, 4) is 0 Å². The van der Waals surface area contributed by atoms with E-state index in [1.165, 1.54) is 0 Å². The van der Waals surface area contributed by atoms with Crippen LogP contribution in [0.3, 0.4) is 0 Å². The molecule has 1 radical (unpaired) electrons. The lowest BCUT2D eigenvalue weighted by atomic mass is 10.2. The number of aromatic nitrogens is 1. The minimum atomic E-state index is 0.453. The van der Waals surface area contributed by atoms with Crippen LogP contribution in [0.2, 0.25) is 5.15 Å². The molecule has 9 heavy (non-hydrogen) atoms. The summed E-state index contributed by atoms with van der Waals surface area (Å²) in [4.78, 5) is 3.80. The lowest BCUT2D eigenvalue weighted by Crippen LogP contribution is -1.80. The zero-order valence-corrected chi connectivity index (χ0v) is 5.94.